The predicted octanol–water partition coefficient (Wildman–Crippen LogP) is 4.57. The maximum Gasteiger partial charge on any atom is 0.241 e. The summed E-state index contributed by atoms with van der Waals surface area (Å²) in [6.45, 7) is 5.51. The first kappa shape index (κ1) is 21.7. The molecule has 164 valence electrons. The Morgan fingerprint density at radius 1 is 1.03 bits per heavy atom. The summed E-state index contributed by atoms with van der Waals surface area (Å²) in [4.78, 5) is 27.6. The summed E-state index contributed by atoms with van der Waals surface area (Å²) in [7, 11) is -3.00. The van der Waals surface area contributed by atoms with Gasteiger partial charge in [0.05, 0.1) is 28.3 Å². The second-order valence-corrected chi connectivity index (χ2v) is 11.8. The molecule has 0 aliphatic carbocycles. The number of amides is 1. The van der Waals surface area contributed by atoms with Crippen molar-refractivity contribution in [1.29, 1.82) is 0 Å². The van der Waals surface area contributed by atoms with Crippen LogP contribution in [0.3, 0.4) is 0 Å². The maximum atomic E-state index is 14.4. The molecule has 0 spiro atoms. The fourth-order valence-corrected chi connectivity index (χ4v) is 6.29. The molecular weight excluding hydrogens is 417 g/mol. The number of sulfone groups is 1. The zero-order valence-electron chi connectivity index (χ0n) is 17.9. The van der Waals surface area contributed by atoms with Crippen LogP contribution < -0.4 is 4.90 Å². The summed E-state index contributed by atoms with van der Waals surface area (Å²) in [6, 6.07) is 11.2. The van der Waals surface area contributed by atoms with E-state index in [2.05, 4.69) is 0 Å². The number of para-hydroxylation sites is 1. The van der Waals surface area contributed by atoms with Crippen molar-refractivity contribution >= 4 is 32.9 Å². The Morgan fingerprint density at radius 2 is 1.68 bits per heavy atom. The lowest BCUT2D eigenvalue weighted by Gasteiger charge is -2.32. The molecule has 2 aliphatic rings. The van der Waals surface area contributed by atoms with Gasteiger partial charge in [0.2, 0.25) is 5.91 Å². The number of Topliss-reactive ketones (excluding diaryl/α,β-unsaturated/α-hetero) is 1. The number of anilines is 2. The van der Waals surface area contributed by atoms with Gasteiger partial charge >= 0.3 is 0 Å². The minimum Gasteiger partial charge on any atom is -0.294 e. The highest BCUT2D eigenvalue weighted by Crippen LogP contribution is 2.46. The minimum atomic E-state index is -3.00. The van der Waals surface area contributed by atoms with Crippen molar-refractivity contribution in [1.82, 2.24) is 0 Å². The molecule has 0 bridgehead atoms. The summed E-state index contributed by atoms with van der Waals surface area (Å²) in [6.07, 6.45) is 1.20. The van der Waals surface area contributed by atoms with Crippen molar-refractivity contribution in [2.24, 2.45) is 5.41 Å². The van der Waals surface area contributed by atoms with Crippen LogP contribution in [-0.4, -0.2) is 31.6 Å². The number of ketones is 1. The van der Waals surface area contributed by atoms with Crippen molar-refractivity contribution in [3.05, 3.63) is 59.4 Å². The summed E-state index contributed by atoms with van der Waals surface area (Å²) < 4.78 is 37.9. The lowest BCUT2D eigenvalue weighted by atomic mass is 9.78. The largest absolute Gasteiger partial charge is 0.294 e. The highest BCUT2D eigenvalue weighted by molar-refractivity contribution is 7.91. The van der Waals surface area contributed by atoms with Crippen LogP contribution in [0.25, 0.3) is 0 Å². The minimum absolute atomic E-state index is 0.0720. The van der Waals surface area contributed by atoms with Crippen LogP contribution in [0.1, 0.15) is 56.0 Å². The van der Waals surface area contributed by atoms with E-state index >= 15 is 0 Å². The van der Waals surface area contributed by atoms with E-state index in [9.17, 15) is 22.4 Å². The second-order valence-electron chi connectivity index (χ2n) is 9.51. The third-order valence-corrected chi connectivity index (χ3v) is 8.34. The second kappa shape index (κ2) is 7.26. The molecule has 2 heterocycles. The number of hydrogen-bond donors (Lipinski definition) is 0. The van der Waals surface area contributed by atoms with E-state index in [-0.39, 0.29) is 40.7 Å². The van der Waals surface area contributed by atoms with Crippen LogP contribution in [0.5, 0.6) is 0 Å². The number of hydrogen-bond acceptors (Lipinski definition) is 4. The molecule has 0 aromatic heterocycles. The van der Waals surface area contributed by atoms with E-state index in [0.717, 1.165) is 0 Å². The van der Waals surface area contributed by atoms with Gasteiger partial charge in [0.25, 0.3) is 0 Å². The third-order valence-electron chi connectivity index (χ3n) is 6.68. The molecule has 2 aromatic rings. The molecule has 0 radical (unpaired) electrons. The average molecular weight is 444 g/mol. The number of halogens is 1. The van der Waals surface area contributed by atoms with Gasteiger partial charge in [-0.1, -0.05) is 19.1 Å². The summed E-state index contributed by atoms with van der Waals surface area (Å²) in [5.74, 6) is -0.584. The van der Waals surface area contributed by atoms with Gasteiger partial charge in [-0.2, -0.15) is 0 Å². The summed E-state index contributed by atoms with van der Waals surface area (Å²) in [5, 5.41) is 0. The Bertz CT molecular complexity index is 1170. The van der Waals surface area contributed by atoms with E-state index in [4.69, 9.17) is 0 Å². The number of carbonyl (C=O) groups is 2. The molecule has 0 saturated carbocycles. The van der Waals surface area contributed by atoms with E-state index < -0.39 is 21.1 Å². The van der Waals surface area contributed by atoms with Crippen molar-refractivity contribution in [3.8, 4) is 0 Å². The van der Waals surface area contributed by atoms with Gasteiger partial charge < -0.3 is 0 Å². The summed E-state index contributed by atoms with van der Waals surface area (Å²) >= 11 is 0. The average Bonchev–Trinajstić information content (AvgIpc) is 2.91. The topological polar surface area (TPSA) is 71.5 Å². The van der Waals surface area contributed by atoms with Gasteiger partial charge in [0, 0.05) is 12.0 Å². The van der Waals surface area contributed by atoms with Crippen LogP contribution in [-0.2, 0) is 20.0 Å². The number of carbonyl (C=O) groups excluding carboxylic acids is 2. The predicted molar refractivity (Wildman–Crippen MR) is 118 cm³/mol. The lowest BCUT2D eigenvalue weighted by Crippen LogP contribution is -2.33. The molecule has 5 nitrogen and oxygen atoms in total. The lowest BCUT2D eigenvalue weighted by molar-refractivity contribution is -0.121. The van der Waals surface area contributed by atoms with Gasteiger partial charge in [0.1, 0.15) is 15.7 Å². The maximum absolute atomic E-state index is 14.4. The van der Waals surface area contributed by atoms with E-state index in [0.29, 0.717) is 29.7 Å². The number of fused-ring (bicyclic) bond motifs is 1. The van der Waals surface area contributed by atoms with E-state index in [1.807, 2.05) is 6.92 Å². The van der Waals surface area contributed by atoms with Gasteiger partial charge in [-0.15, -0.1) is 0 Å². The molecular formula is C24H26FNO4S. The number of benzene rings is 2. The van der Waals surface area contributed by atoms with Gasteiger partial charge in [-0.25, -0.2) is 12.8 Å². The first-order valence-corrected chi connectivity index (χ1v) is 12.2. The van der Waals surface area contributed by atoms with Gasteiger partial charge in [-0.3, -0.25) is 14.5 Å². The normalized spacial score (nSPS) is 21.0. The summed E-state index contributed by atoms with van der Waals surface area (Å²) in [5.41, 5.74) is 0.677. The standard InChI is InChI=1S/C24H26FNO4S/c1-23(2)17-14-16(21(27)15-24(3)10-12-31(29,30)13-11-24)8-9-19(17)26(22(23)28)20-7-5-4-6-18(20)25/h4-9,14H,10-13,15H2,1-3H3. The monoisotopic (exact) mass is 443 g/mol. The zero-order chi connectivity index (χ0) is 22.6. The molecule has 0 atom stereocenters. The van der Waals surface area contributed by atoms with Crippen molar-refractivity contribution in [2.75, 3.05) is 16.4 Å². The smallest absolute Gasteiger partial charge is 0.241 e. The molecule has 2 aliphatic heterocycles. The molecule has 1 saturated heterocycles. The third kappa shape index (κ3) is 3.80. The fraction of sp³-hybridized carbons (Fsp3) is 0.417. The van der Waals surface area contributed by atoms with Crippen molar-refractivity contribution in [2.45, 2.75) is 45.4 Å². The van der Waals surface area contributed by atoms with Crippen LogP contribution in [0.2, 0.25) is 0 Å². The van der Waals surface area contributed by atoms with Crippen LogP contribution in [0.4, 0.5) is 15.8 Å². The quantitative estimate of drug-likeness (QED) is 0.649. The Balaban J connectivity index is 1.66. The first-order valence-electron chi connectivity index (χ1n) is 10.4. The zero-order valence-corrected chi connectivity index (χ0v) is 18.8. The molecule has 1 amide bonds. The van der Waals surface area contributed by atoms with Crippen LogP contribution >= 0.6 is 0 Å². The Morgan fingerprint density at radius 3 is 2.32 bits per heavy atom. The SMILES string of the molecule is CC1(CC(=O)c2ccc3c(c2)C(C)(C)C(=O)N3c2ccccc2F)CCS(=O)(=O)CC1. The van der Waals surface area contributed by atoms with E-state index in [1.54, 1.807) is 50.2 Å². The molecule has 0 N–H and O–H groups in total. The number of rotatable bonds is 4. The van der Waals surface area contributed by atoms with Crippen LogP contribution in [0.15, 0.2) is 42.5 Å². The van der Waals surface area contributed by atoms with Crippen LogP contribution in [0, 0.1) is 11.2 Å². The Labute approximate surface area is 182 Å². The highest BCUT2D eigenvalue weighted by atomic mass is 32.2. The first-order chi connectivity index (χ1) is 14.4. The molecule has 4 rings (SSSR count). The van der Waals surface area contributed by atoms with Gasteiger partial charge in [-0.05, 0) is 68.0 Å². The van der Waals surface area contributed by atoms with E-state index in [1.165, 1.54) is 11.0 Å². The van der Waals surface area contributed by atoms with Crippen molar-refractivity contribution in [3.63, 3.8) is 0 Å². The van der Waals surface area contributed by atoms with Crippen molar-refractivity contribution < 1.29 is 22.4 Å². The fourth-order valence-electron chi connectivity index (χ4n) is 4.48. The molecule has 2 aromatic carbocycles. The molecule has 0 unspecified atom stereocenters. The number of nitrogens with zero attached hydrogens (tertiary/aromatic N) is 1. The molecule has 7 heteroatoms. The Kier molecular flexibility index (Phi) is 5.08. The highest BCUT2D eigenvalue weighted by Gasteiger charge is 2.45. The Hall–Kier alpha value is -2.54. The molecule has 1 fully saturated rings. The molecule has 31 heavy (non-hydrogen) atoms. The van der Waals surface area contributed by atoms with Gasteiger partial charge in [0.15, 0.2) is 5.78 Å².